The molecule has 0 aliphatic rings. The lowest BCUT2D eigenvalue weighted by Crippen LogP contribution is -1.93. The molecule has 0 saturated heterocycles. The predicted octanol–water partition coefficient (Wildman–Crippen LogP) is 3.60. The molecule has 2 aromatic carbocycles. The number of non-ortho nitro benzene ring substituents is 1. The second-order valence-electron chi connectivity index (χ2n) is 4.06. The first-order chi connectivity index (χ1) is 9.47. The molecule has 2 rings (SSSR count). The van der Waals surface area contributed by atoms with Crippen molar-refractivity contribution in [1.29, 1.82) is 0 Å². The van der Waals surface area contributed by atoms with Crippen LogP contribution in [-0.4, -0.2) is 9.85 Å². The van der Waals surface area contributed by atoms with Gasteiger partial charge in [0, 0.05) is 17.7 Å². The maximum Gasteiger partial charge on any atom is 0.276 e. The van der Waals surface area contributed by atoms with Crippen LogP contribution in [-0.2, 0) is 0 Å². The molecular formula is C13H10N2O5. The third kappa shape index (κ3) is 2.89. The third-order valence-electron chi connectivity index (χ3n) is 2.66. The van der Waals surface area contributed by atoms with E-state index >= 15 is 0 Å². The van der Waals surface area contributed by atoms with Gasteiger partial charge in [-0.25, -0.2) is 0 Å². The minimum atomic E-state index is -0.513. The molecule has 0 amide bonds. The number of nitro groups is 2. The molecule has 0 fully saturated rings. The van der Waals surface area contributed by atoms with Crippen molar-refractivity contribution in [3.05, 3.63) is 68.3 Å². The van der Waals surface area contributed by atoms with Gasteiger partial charge in [0.15, 0.2) is 0 Å². The van der Waals surface area contributed by atoms with Gasteiger partial charge in [0.25, 0.3) is 11.4 Å². The highest BCUT2D eigenvalue weighted by molar-refractivity contribution is 5.47. The molecule has 0 aliphatic carbocycles. The van der Waals surface area contributed by atoms with E-state index in [0.29, 0.717) is 17.1 Å². The summed E-state index contributed by atoms with van der Waals surface area (Å²) in [5, 5.41) is 21.3. The zero-order valence-electron chi connectivity index (χ0n) is 10.5. The van der Waals surface area contributed by atoms with Crippen LogP contribution in [0, 0.1) is 27.2 Å². The number of nitro benzene ring substituents is 2. The van der Waals surface area contributed by atoms with Crippen molar-refractivity contribution in [3.63, 3.8) is 0 Å². The minimum Gasteiger partial charge on any atom is -0.457 e. The fraction of sp³-hybridized carbons (Fsp3) is 0.0769. The maximum absolute atomic E-state index is 10.8. The Labute approximate surface area is 113 Å². The molecule has 0 N–H and O–H groups in total. The zero-order valence-corrected chi connectivity index (χ0v) is 10.5. The van der Waals surface area contributed by atoms with Crippen molar-refractivity contribution in [1.82, 2.24) is 0 Å². The van der Waals surface area contributed by atoms with E-state index in [1.54, 1.807) is 19.1 Å². The van der Waals surface area contributed by atoms with Crippen molar-refractivity contribution in [3.8, 4) is 11.5 Å². The molecule has 0 saturated carbocycles. The van der Waals surface area contributed by atoms with Gasteiger partial charge < -0.3 is 4.74 Å². The lowest BCUT2D eigenvalue weighted by atomic mass is 10.2. The third-order valence-corrected chi connectivity index (χ3v) is 2.66. The van der Waals surface area contributed by atoms with Gasteiger partial charge in [-0.3, -0.25) is 20.2 Å². The standard InChI is InChI=1S/C13H10N2O5/c1-9-2-5-12(8-13(9)15(18)19)20-11-6-3-10(4-7-11)14(16)17/h2-8H,1H3. The average molecular weight is 274 g/mol. The van der Waals surface area contributed by atoms with Crippen LogP contribution >= 0.6 is 0 Å². The number of rotatable bonds is 4. The summed E-state index contributed by atoms with van der Waals surface area (Å²) in [4.78, 5) is 20.3. The van der Waals surface area contributed by atoms with Crippen LogP contribution in [0.25, 0.3) is 0 Å². The Morgan fingerprint density at radius 3 is 2.05 bits per heavy atom. The van der Waals surface area contributed by atoms with E-state index in [9.17, 15) is 20.2 Å². The Bertz CT molecular complexity index is 667. The first-order valence-corrected chi connectivity index (χ1v) is 5.65. The number of ether oxygens (including phenoxy) is 1. The molecule has 7 heteroatoms. The molecule has 0 bridgehead atoms. The zero-order chi connectivity index (χ0) is 14.7. The average Bonchev–Trinajstić information content (AvgIpc) is 2.41. The quantitative estimate of drug-likeness (QED) is 0.626. The van der Waals surface area contributed by atoms with Gasteiger partial charge in [-0.15, -0.1) is 0 Å². The van der Waals surface area contributed by atoms with Crippen LogP contribution in [0.4, 0.5) is 11.4 Å². The van der Waals surface area contributed by atoms with Crippen LogP contribution in [0.3, 0.4) is 0 Å². The largest absolute Gasteiger partial charge is 0.457 e. The van der Waals surface area contributed by atoms with Gasteiger partial charge in [-0.2, -0.15) is 0 Å². The number of benzene rings is 2. The van der Waals surface area contributed by atoms with Crippen molar-refractivity contribution in [2.24, 2.45) is 0 Å². The smallest absolute Gasteiger partial charge is 0.276 e. The van der Waals surface area contributed by atoms with E-state index in [1.165, 1.54) is 30.3 Å². The van der Waals surface area contributed by atoms with E-state index in [4.69, 9.17) is 4.74 Å². The number of hydrogen-bond acceptors (Lipinski definition) is 5. The van der Waals surface area contributed by atoms with Crippen molar-refractivity contribution in [2.75, 3.05) is 0 Å². The van der Waals surface area contributed by atoms with E-state index in [0.717, 1.165) is 0 Å². The van der Waals surface area contributed by atoms with E-state index in [1.807, 2.05) is 0 Å². The second-order valence-corrected chi connectivity index (χ2v) is 4.06. The van der Waals surface area contributed by atoms with E-state index in [-0.39, 0.29) is 11.4 Å². The molecule has 0 aromatic heterocycles. The lowest BCUT2D eigenvalue weighted by Gasteiger charge is -2.06. The molecule has 102 valence electrons. The molecule has 7 nitrogen and oxygen atoms in total. The van der Waals surface area contributed by atoms with Crippen LogP contribution < -0.4 is 4.74 Å². The Balaban J connectivity index is 2.23. The molecule has 0 heterocycles. The van der Waals surface area contributed by atoms with Crippen molar-refractivity contribution in [2.45, 2.75) is 6.92 Å². The maximum atomic E-state index is 10.8. The van der Waals surface area contributed by atoms with Crippen LogP contribution in [0.1, 0.15) is 5.56 Å². The summed E-state index contributed by atoms with van der Waals surface area (Å²) in [5.41, 5.74) is 0.447. The van der Waals surface area contributed by atoms with Gasteiger partial charge >= 0.3 is 0 Å². The van der Waals surface area contributed by atoms with Gasteiger partial charge in [0.1, 0.15) is 11.5 Å². The van der Waals surface area contributed by atoms with Crippen LogP contribution in [0.15, 0.2) is 42.5 Å². The Morgan fingerprint density at radius 2 is 1.50 bits per heavy atom. The topological polar surface area (TPSA) is 95.5 Å². The van der Waals surface area contributed by atoms with Crippen LogP contribution in [0.5, 0.6) is 11.5 Å². The first-order valence-electron chi connectivity index (χ1n) is 5.65. The summed E-state index contributed by atoms with van der Waals surface area (Å²) in [6, 6.07) is 9.98. The highest BCUT2D eigenvalue weighted by Crippen LogP contribution is 2.28. The SMILES string of the molecule is Cc1ccc(Oc2ccc([N+](=O)[O-])cc2)cc1[N+](=O)[O-]. The fourth-order valence-electron chi connectivity index (χ4n) is 1.62. The van der Waals surface area contributed by atoms with E-state index in [2.05, 4.69) is 0 Å². The molecule has 0 radical (unpaired) electrons. The molecular weight excluding hydrogens is 264 g/mol. The van der Waals surface area contributed by atoms with Crippen molar-refractivity contribution >= 4 is 11.4 Å². The summed E-state index contributed by atoms with van der Waals surface area (Å²) in [6.07, 6.45) is 0. The Kier molecular flexibility index (Phi) is 3.60. The van der Waals surface area contributed by atoms with Gasteiger partial charge in [0.2, 0.25) is 0 Å². The fourth-order valence-corrected chi connectivity index (χ4v) is 1.62. The minimum absolute atomic E-state index is 0.0376. The molecule has 20 heavy (non-hydrogen) atoms. The van der Waals surface area contributed by atoms with Crippen molar-refractivity contribution < 1.29 is 14.6 Å². The number of hydrogen-bond donors (Lipinski definition) is 0. The van der Waals surface area contributed by atoms with Gasteiger partial charge in [-0.05, 0) is 31.2 Å². The molecule has 0 atom stereocenters. The predicted molar refractivity (Wildman–Crippen MR) is 71.0 cm³/mol. The summed E-state index contributed by atoms with van der Waals surface area (Å²) in [6.45, 7) is 1.63. The summed E-state index contributed by atoms with van der Waals surface area (Å²) >= 11 is 0. The Morgan fingerprint density at radius 1 is 0.900 bits per heavy atom. The Hall–Kier alpha value is -2.96. The summed E-state index contributed by atoms with van der Waals surface area (Å²) in [5.74, 6) is 0.671. The molecule has 0 spiro atoms. The second kappa shape index (κ2) is 5.35. The highest BCUT2D eigenvalue weighted by atomic mass is 16.6. The first kappa shape index (κ1) is 13.5. The normalized spacial score (nSPS) is 10.1. The number of nitrogens with zero attached hydrogens (tertiary/aromatic N) is 2. The highest BCUT2D eigenvalue weighted by Gasteiger charge is 2.12. The van der Waals surface area contributed by atoms with Crippen LogP contribution in [0.2, 0.25) is 0 Å². The molecule has 0 unspecified atom stereocenters. The number of aryl methyl sites for hydroxylation is 1. The monoisotopic (exact) mass is 274 g/mol. The van der Waals surface area contributed by atoms with Gasteiger partial charge in [0.05, 0.1) is 15.9 Å². The lowest BCUT2D eigenvalue weighted by molar-refractivity contribution is -0.385. The summed E-state index contributed by atoms with van der Waals surface area (Å²) in [7, 11) is 0. The molecule has 2 aromatic rings. The summed E-state index contributed by atoms with van der Waals surface area (Å²) < 4.78 is 5.43. The molecule has 0 aliphatic heterocycles. The van der Waals surface area contributed by atoms with Gasteiger partial charge in [-0.1, -0.05) is 0 Å². The van der Waals surface area contributed by atoms with E-state index < -0.39 is 9.85 Å².